The van der Waals surface area contributed by atoms with E-state index in [1.165, 1.54) is 0 Å². The lowest BCUT2D eigenvalue weighted by atomic mass is 10.2. The van der Waals surface area contributed by atoms with Crippen LogP contribution in [0.15, 0.2) is 53.3 Å². The van der Waals surface area contributed by atoms with Crippen LogP contribution in [0.2, 0.25) is 5.02 Å². The van der Waals surface area contributed by atoms with E-state index >= 15 is 0 Å². The van der Waals surface area contributed by atoms with Crippen molar-refractivity contribution in [3.05, 3.63) is 64.6 Å². The maximum absolute atomic E-state index is 6.00. The molecule has 3 aromatic rings. The van der Waals surface area contributed by atoms with Gasteiger partial charge in [-0.05, 0) is 29.8 Å². The number of aromatic nitrogens is 1. The largest absolute Gasteiger partial charge is 0.468 e. The lowest BCUT2D eigenvalue weighted by molar-refractivity contribution is 0.483. The summed E-state index contributed by atoms with van der Waals surface area (Å²) >= 11 is 7.67. The maximum atomic E-state index is 6.00. The highest BCUT2D eigenvalue weighted by Crippen LogP contribution is 2.27. The van der Waals surface area contributed by atoms with E-state index in [4.69, 9.17) is 16.0 Å². The predicted octanol–water partition coefficient (Wildman–Crippen LogP) is 4.35. The molecule has 0 saturated carbocycles. The fourth-order valence-corrected chi connectivity index (χ4v) is 2.95. The van der Waals surface area contributed by atoms with E-state index in [-0.39, 0.29) is 0 Å². The van der Waals surface area contributed by atoms with E-state index in [0.717, 1.165) is 32.8 Å². The van der Waals surface area contributed by atoms with Crippen molar-refractivity contribution in [1.82, 2.24) is 10.3 Å². The third kappa shape index (κ3) is 3.28. The first-order valence-corrected chi connectivity index (χ1v) is 7.44. The minimum atomic E-state index is 0.707. The molecule has 5 heteroatoms. The van der Waals surface area contributed by atoms with Gasteiger partial charge in [-0.1, -0.05) is 23.7 Å². The average molecular weight is 305 g/mol. The topological polar surface area (TPSA) is 38.1 Å². The fraction of sp³-hybridized carbons (Fsp3) is 0.133. The second-order valence-electron chi connectivity index (χ2n) is 4.31. The van der Waals surface area contributed by atoms with Crippen LogP contribution < -0.4 is 5.32 Å². The molecule has 102 valence electrons. The monoisotopic (exact) mass is 304 g/mol. The minimum absolute atomic E-state index is 0.707. The molecule has 0 aliphatic heterocycles. The van der Waals surface area contributed by atoms with Crippen LogP contribution in [-0.4, -0.2) is 4.98 Å². The number of nitrogens with one attached hydrogen (secondary N) is 1. The maximum Gasteiger partial charge on any atom is 0.117 e. The van der Waals surface area contributed by atoms with Crippen molar-refractivity contribution in [2.45, 2.75) is 13.1 Å². The van der Waals surface area contributed by atoms with Gasteiger partial charge in [0.1, 0.15) is 10.8 Å². The normalized spacial score (nSPS) is 10.8. The van der Waals surface area contributed by atoms with Crippen molar-refractivity contribution < 1.29 is 4.42 Å². The molecule has 0 unspecified atom stereocenters. The van der Waals surface area contributed by atoms with E-state index in [9.17, 15) is 0 Å². The number of benzene rings is 1. The predicted molar refractivity (Wildman–Crippen MR) is 81.8 cm³/mol. The molecule has 0 aliphatic carbocycles. The number of hydrogen-bond acceptors (Lipinski definition) is 4. The van der Waals surface area contributed by atoms with Crippen LogP contribution in [-0.2, 0) is 13.1 Å². The Balaban J connectivity index is 1.62. The van der Waals surface area contributed by atoms with Gasteiger partial charge in [0.05, 0.1) is 17.7 Å². The van der Waals surface area contributed by atoms with Crippen molar-refractivity contribution in [3.8, 4) is 10.4 Å². The zero-order valence-electron chi connectivity index (χ0n) is 10.7. The molecular formula is C15H13ClN2OS. The van der Waals surface area contributed by atoms with Gasteiger partial charge in [0.25, 0.3) is 0 Å². The Labute approximate surface area is 126 Å². The molecule has 0 atom stereocenters. The first-order chi connectivity index (χ1) is 9.81. The quantitative estimate of drug-likeness (QED) is 0.761. The third-order valence-electron chi connectivity index (χ3n) is 2.82. The first kappa shape index (κ1) is 13.4. The van der Waals surface area contributed by atoms with Gasteiger partial charge in [0.15, 0.2) is 0 Å². The molecule has 3 rings (SSSR count). The molecule has 0 amide bonds. The first-order valence-electron chi connectivity index (χ1n) is 6.25. The summed E-state index contributed by atoms with van der Waals surface area (Å²) in [4.78, 5) is 5.55. The van der Waals surface area contributed by atoms with Gasteiger partial charge < -0.3 is 9.73 Å². The molecule has 20 heavy (non-hydrogen) atoms. The van der Waals surface area contributed by atoms with Crippen molar-refractivity contribution >= 4 is 22.9 Å². The number of furan rings is 1. The molecule has 2 aromatic heterocycles. The molecule has 0 aliphatic rings. The Bertz CT molecular complexity index is 679. The summed E-state index contributed by atoms with van der Waals surface area (Å²) < 4.78 is 5.26. The van der Waals surface area contributed by atoms with Crippen LogP contribution in [0.25, 0.3) is 10.4 Å². The van der Waals surface area contributed by atoms with Crippen molar-refractivity contribution in [2.24, 2.45) is 0 Å². The Morgan fingerprint density at radius 2 is 2.15 bits per heavy atom. The second kappa shape index (κ2) is 6.22. The summed E-state index contributed by atoms with van der Waals surface area (Å²) in [5, 5.41) is 5.10. The highest BCUT2D eigenvalue weighted by Gasteiger charge is 2.05. The van der Waals surface area contributed by atoms with Crippen molar-refractivity contribution in [2.75, 3.05) is 0 Å². The van der Waals surface area contributed by atoms with Crippen LogP contribution in [0.3, 0.4) is 0 Å². The lowest BCUT2D eigenvalue weighted by Crippen LogP contribution is -2.11. The Morgan fingerprint density at radius 3 is 2.95 bits per heavy atom. The molecule has 1 aromatic carbocycles. The molecule has 0 radical (unpaired) electrons. The Hall–Kier alpha value is -1.62. The third-order valence-corrected chi connectivity index (χ3v) is 4.10. The molecule has 0 spiro atoms. The number of hydrogen-bond donors (Lipinski definition) is 1. The lowest BCUT2D eigenvalue weighted by Gasteiger charge is -1.99. The van der Waals surface area contributed by atoms with Crippen LogP contribution in [0.4, 0.5) is 0 Å². The van der Waals surface area contributed by atoms with E-state index in [1.807, 2.05) is 42.6 Å². The Morgan fingerprint density at radius 1 is 1.20 bits per heavy atom. The number of thiazole rings is 1. The summed E-state index contributed by atoms with van der Waals surface area (Å²) in [7, 11) is 0. The fourth-order valence-electron chi connectivity index (χ4n) is 1.87. The summed E-state index contributed by atoms with van der Waals surface area (Å²) in [6.45, 7) is 1.44. The summed E-state index contributed by atoms with van der Waals surface area (Å²) in [5.41, 5.74) is 1.10. The number of rotatable bonds is 5. The van der Waals surface area contributed by atoms with Crippen molar-refractivity contribution in [3.63, 3.8) is 0 Å². The standard InChI is InChI=1S/C15H13ClN2OS/c16-12-4-1-3-11(7-12)14-9-18-15(20-14)10-17-8-13-5-2-6-19-13/h1-7,9,17H,8,10H2. The zero-order chi connectivity index (χ0) is 13.8. The summed E-state index contributed by atoms with van der Waals surface area (Å²) in [6.07, 6.45) is 3.57. The highest BCUT2D eigenvalue weighted by atomic mass is 35.5. The number of nitrogens with zero attached hydrogens (tertiary/aromatic N) is 1. The summed E-state index contributed by atoms with van der Waals surface area (Å²) in [6, 6.07) is 11.7. The molecule has 3 nitrogen and oxygen atoms in total. The SMILES string of the molecule is Clc1cccc(-c2cnc(CNCc3ccco3)s2)c1. The van der Waals surface area contributed by atoms with E-state index < -0.39 is 0 Å². The molecule has 0 bridgehead atoms. The molecule has 0 fully saturated rings. The zero-order valence-corrected chi connectivity index (χ0v) is 12.2. The van der Waals surface area contributed by atoms with Gasteiger partial charge in [0, 0.05) is 17.8 Å². The highest BCUT2D eigenvalue weighted by molar-refractivity contribution is 7.15. The van der Waals surface area contributed by atoms with Gasteiger partial charge in [-0.2, -0.15) is 0 Å². The van der Waals surface area contributed by atoms with Gasteiger partial charge >= 0.3 is 0 Å². The van der Waals surface area contributed by atoms with Crippen LogP contribution in [0.1, 0.15) is 10.8 Å². The smallest absolute Gasteiger partial charge is 0.117 e. The van der Waals surface area contributed by atoms with Crippen LogP contribution >= 0.6 is 22.9 Å². The molecular weight excluding hydrogens is 292 g/mol. The van der Waals surface area contributed by atoms with Crippen LogP contribution in [0.5, 0.6) is 0 Å². The second-order valence-corrected chi connectivity index (χ2v) is 5.86. The van der Waals surface area contributed by atoms with E-state index in [0.29, 0.717) is 6.54 Å². The van der Waals surface area contributed by atoms with Gasteiger partial charge in [-0.25, -0.2) is 4.98 Å². The van der Waals surface area contributed by atoms with Gasteiger partial charge in [-0.3, -0.25) is 0 Å². The summed E-state index contributed by atoms with van der Waals surface area (Å²) in [5.74, 6) is 0.927. The van der Waals surface area contributed by atoms with E-state index in [1.54, 1.807) is 17.6 Å². The van der Waals surface area contributed by atoms with E-state index in [2.05, 4.69) is 10.3 Å². The van der Waals surface area contributed by atoms with Gasteiger partial charge in [-0.15, -0.1) is 11.3 Å². The molecule has 0 saturated heterocycles. The molecule has 1 N–H and O–H groups in total. The van der Waals surface area contributed by atoms with Gasteiger partial charge in [0.2, 0.25) is 0 Å². The Kier molecular flexibility index (Phi) is 4.16. The number of halogens is 1. The minimum Gasteiger partial charge on any atom is -0.468 e. The van der Waals surface area contributed by atoms with Crippen molar-refractivity contribution in [1.29, 1.82) is 0 Å². The molecule has 2 heterocycles. The average Bonchev–Trinajstić information content (AvgIpc) is 3.10. The van der Waals surface area contributed by atoms with Crippen LogP contribution in [0, 0.1) is 0 Å².